The number of carbonyl (C=O) groups is 1. The van der Waals surface area contributed by atoms with Crippen LogP contribution in [0, 0.1) is 26.7 Å². The normalized spacial score (nSPS) is 16.3. The van der Waals surface area contributed by atoms with Gasteiger partial charge < -0.3 is 9.47 Å². The third-order valence-electron chi connectivity index (χ3n) is 5.42. The molecule has 2 aromatic carbocycles. The van der Waals surface area contributed by atoms with Gasteiger partial charge in [0.1, 0.15) is 17.3 Å². The Morgan fingerprint density at radius 1 is 0.852 bits per heavy atom. The molecule has 3 heteroatoms. The highest BCUT2D eigenvalue weighted by Crippen LogP contribution is 2.27. The number of hydrogen-bond donors (Lipinski definition) is 0. The van der Waals surface area contributed by atoms with Gasteiger partial charge in [0.15, 0.2) is 0 Å². The Hall–Kier alpha value is -2.29. The summed E-state index contributed by atoms with van der Waals surface area (Å²) in [6, 6.07) is 12.2. The third-order valence-corrected chi connectivity index (χ3v) is 5.42. The highest BCUT2D eigenvalue weighted by atomic mass is 16.5. The maximum atomic E-state index is 11.8. The number of rotatable bonds is 4. The Kier molecular flexibility index (Phi) is 7.90. The molecule has 0 N–H and O–H groups in total. The van der Waals surface area contributed by atoms with Gasteiger partial charge in [-0.1, -0.05) is 18.6 Å². The van der Waals surface area contributed by atoms with Gasteiger partial charge in [-0.05, 0) is 86.6 Å². The SMILES string of the molecule is COc1ccc(C)c(C)c1.COc1ccc(C)c(CC2CCCCC2=O)c1. The van der Waals surface area contributed by atoms with Crippen LogP contribution in [-0.4, -0.2) is 20.0 Å². The Labute approximate surface area is 163 Å². The molecule has 0 spiro atoms. The summed E-state index contributed by atoms with van der Waals surface area (Å²) < 4.78 is 10.3. The van der Waals surface area contributed by atoms with E-state index in [1.807, 2.05) is 18.2 Å². The summed E-state index contributed by atoms with van der Waals surface area (Å²) in [5, 5.41) is 0. The summed E-state index contributed by atoms with van der Waals surface area (Å²) in [6.07, 6.45) is 4.97. The molecule has 3 rings (SSSR count). The first kappa shape index (κ1) is 21.0. The first-order chi connectivity index (χ1) is 12.9. The molecule has 1 aliphatic rings. The van der Waals surface area contributed by atoms with Crippen LogP contribution in [0.5, 0.6) is 11.5 Å². The number of ether oxygens (including phenoxy) is 2. The summed E-state index contributed by atoms with van der Waals surface area (Å²) in [7, 11) is 3.37. The van der Waals surface area contributed by atoms with Crippen LogP contribution in [0.2, 0.25) is 0 Å². The first-order valence-corrected chi connectivity index (χ1v) is 9.72. The largest absolute Gasteiger partial charge is 0.497 e. The van der Waals surface area contributed by atoms with Gasteiger partial charge in [0, 0.05) is 12.3 Å². The van der Waals surface area contributed by atoms with Gasteiger partial charge in [-0.15, -0.1) is 0 Å². The average molecular weight is 369 g/mol. The van der Waals surface area contributed by atoms with Crippen molar-refractivity contribution in [2.45, 2.75) is 52.9 Å². The second kappa shape index (κ2) is 10.1. The lowest BCUT2D eigenvalue weighted by molar-refractivity contribution is -0.124. The zero-order chi connectivity index (χ0) is 19.8. The number of methoxy groups -OCH3 is 2. The molecule has 1 fully saturated rings. The van der Waals surface area contributed by atoms with Crippen molar-refractivity contribution >= 4 is 5.78 Å². The molecule has 0 saturated heterocycles. The highest BCUT2D eigenvalue weighted by Gasteiger charge is 2.22. The molecule has 27 heavy (non-hydrogen) atoms. The fourth-order valence-electron chi connectivity index (χ4n) is 3.37. The van der Waals surface area contributed by atoms with Crippen molar-refractivity contribution in [3.8, 4) is 11.5 Å². The van der Waals surface area contributed by atoms with E-state index in [-0.39, 0.29) is 5.92 Å². The fraction of sp³-hybridized carbons (Fsp3) is 0.458. The van der Waals surface area contributed by atoms with E-state index in [9.17, 15) is 4.79 Å². The van der Waals surface area contributed by atoms with E-state index in [1.165, 1.54) is 28.7 Å². The molecule has 0 aliphatic heterocycles. The molecule has 3 nitrogen and oxygen atoms in total. The van der Waals surface area contributed by atoms with Crippen LogP contribution >= 0.6 is 0 Å². The molecule has 0 amide bonds. The Bertz CT molecular complexity index is 764. The minimum atomic E-state index is 0.231. The van der Waals surface area contributed by atoms with Gasteiger partial charge in [-0.25, -0.2) is 0 Å². The lowest BCUT2D eigenvalue weighted by atomic mass is 9.83. The van der Waals surface area contributed by atoms with Crippen LogP contribution in [0.15, 0.2) is 36.4 Å². The van der Waals surface area contributed by atoms with Crippen molar-refractivity contribution in [3.63, 3.8) is 0 Å². The monoisotopic (exact) mass is 368 g/mol. The van der Waals surface area contributed by atoms with Crippen LogP contribution < -0.4 is 9.47 Å². The molecule has 0 aromatic heterocycles. The molecule has 0 bridgehead atoms. The van der Waals surface area contributed by atoms with E-state index in [4.69, 9.17) is 9.47 Å². The number of benzene rings is 2. The zero-order valence-electron chi connectivity index (χ0n) is 17.3. The van der Waals surface area contributed by atoms with Crippen molar-refractivity contribution in [2.75, 3.05) is 14.2 Å². The molecule has 1 saturated carbocycles. The molecular formula is C24H32O3. The highest BCUT2D eigenvalue weighted by molar-refractivity contribution is 5.81. The maximum Gasteiger partial charge on any atom is 0.136 e. The van der Waals surface area contributed by atoms with E-state index in [2.05, 4.69) is 39.0 Å². The van der Waals surface area contributed by atoms with Crippen LogP contribution in [0.3, 0.4) is 0 Å². The van der Waals surface area contributed by atoms with Gasteiger partial charge in [-0.3, -0.25) is 4.79 Å². The maximum absolute atomic E-state index is 11.8. The predicted octanol–water partition coefficient (Wildman–Crippen LogP) is 5.62. The second-order valence-electron chi connectivity index (χ2n) is 7.36. The molecule has 0 radical (unpaired) electrons. The quantitative estimate of drug-likeness (QED) is 0.703. The molecule has 1 aliphatic carbocycles. The van der Waals surface area contributed by atoms with Gasteiger partial charge >= 0.3 is 0 Å². The summed E-state index contributed by atoms with van der Waals surface area (Å²) in [6.45, 7) is 6.27. The minimum Gasteiger partial charge on any atom is -0.497 e. The number of Topliss-reactive ketones (excluding diaryl/α,β-unsaturated/α-hetero) is 1. The average Bonchev–Trinajstić information content (AvgIpc) is 2.68. The van der Waals surface area contributed by atoms with Crippen LogP contribution in [-0.2, 0) is 11.2 Å². The number of carbonyl (C=O) groups excluding carboxylic acids is 1. The van der Waals surface area contributed by atoms with E-state index in [1.54, 1.807) is 14.2 Å². The first-order valence-electron chi connectivity index (χ1n) is 9.72. The second-order valence-corrected chi connectivity index (χ2v) is 7.36. The lowest BCUT2D eigenvalue weighted by Gasteiger charge is -2.21. The molecule has 0 heterocycles. The zero-order valence-corrected chi connectivity index (χ0v) is 17.3. The summed E-state index contributed by atoms with van der Waals surface area (Å²) in [5.74, 6) is 2.49. The number of aryl methyl sites for hydroxylation is 3. The van der Waals surface area contributed by atoms with Crippen molar-refractivity contribution in [2.24, 2.45) is 5.92 Å². The van der Waals surface area contributed by atoms with Crippen molar-refractivity contribution in [1.29, 1.82) is 0 Å². The van der Waals surface area contributed by atoms with E-state index >= 15 is 0 Å². The summed E-state index contributed by atoms with van der Waals surface area (Å²) in [4.78, 5) is 11.8. The minimum absolute atomic E-state index is 0.231. The Balaban J connectivity index is 0.000000223. The van der Waals surface area contributed by atoms with E-state index < -0.39 is 0 Å². The van der Waals surface area contributed by atoms with Crippen molar-refractivity contribution in [1.82, 2.24) is 0 Å². The van der Waals surface area contributed by atoms with Gasteiger partial charge in [0.25, 0.3) is 0 Å². The Morgan fingerprint density at radius 3 is 2.07 bits per heavy atom. The van der Waals surface area contributed by atoms with Gasteiger partial charge in [0.05, 0.1) is 14.2 Å². The van der Waals surface area contributed by atoms with Crippen LogP contribution in [0.1, 0.15) is 47.9 Å². The van der Waals surface area contributed by atoms with E-state index in [0.717, 1.165) is 37.2 Å². The Morgan fingerprint density at radius 2 is 1.48 bits per heavy atom. The van der Waals surface area contributed by atoms with Gasteiger partial charge in [0.2, 0.25) is 0 Å². The van der Waals surface area contributed by atoms with E-state index in [0.29, 0.717) is 5.78 Å². The van der Waals surface area contributed by atoms with Crippen LogP contribution in [0.4, 0.5) is 0 Å². The summed E-state index contributed by atoms with van der Waals surface area (Å²) >= 11 is 0. The molecule has 1 unspecified atom stereocenters. The summed E-state index contributed by atoms with van der Waals surface area (Å²) in [5.41, 5.74) is 5.09. The molecule has 2 aromatic rings. The topological polar surface area (TPSA) is 35.5 Å². The molecule has 146 valence electrons. The van der Waals surface area contributed by atoms with Crippen molar-refractivity contribution < 1.29 is 14.3 Å². The smallest absolute Gasteiger partial charge is 0.136 e. The fourth-order valence-corrected chi connectivity index (χ4v) is 3.37. The van der Waals surface area contributed by atoms with Gasteiger partial charge in [-0.2, -0.15) is 0 Å². The lowest BCUT2D eigenvalue weighted by Crippen LogP contribution is -2.21. The predicted molar refractivity (Wildman–Crippen MR) is 111 cm³/mol. The standard InChI is InChI=1S/C15H20O2.C9H12O/c1-11-7-8-14(17-2)10-13(11)9-12-5-3-4-6-15(12)16;1-7-4-5-9(10-3)6-8(7)2/h7-8,10,12H,3-6,9H2,1-2H3;4-6H,1-3H3. The molecular weight excluding hydrogens is 336 g/mol. The number of ketones is 1. The van der Waals surface area contributed by atoms with Crippen LogP contribution in [0.25, 0.3) is 0 Å². The third kappa shape index (κ3) is 6.13. The van der Waals surface area contributed by atoms with Crippen molar-refractivity contribution in [3.05, 3.63) is 58.7 Å². The number of hydrogen-bond acceptors (Lipinski definition) is 3. The molecule has 1 atom stereocenters.